The Morgan fingerprint density at radius 3 is 2.28 bits per heavy atom. The van der Waals surface area contributed by atoms with Crippen molar-refractivity contribution in [2.75, 3.05) is 10.6 Å². The van der Waals surface area contributed by atoms with Crippen LogP contribution < -0.4 is 20.5 Å². The molecular weight excluding hydrogens is 437 g/mol. The Hall–Kier alpha value is -3.76. The van der Waals surface area contributed by atoms with Crippen LogP contribution in [0.3, 0.4) is 0 Å². The van der Waals surface area contributed by atoms with E-state index in [-0.39, 0.29) is 17.0 Å². The summed E-state index contributed by atoms with van der Waals surface area (Å²) in [5.41, 5.74) is 1.07. The Morgan fingerprint density at radius 1 is 1.03 bits per heavy atom. The summed E-state index contributed by atoms with van der Waals surface area (Å²) in [7, 11) is -3.78. The lowest BCUT2D eigenvalue weighted by Gasteiger charge is -2.11. The summed E-state index contributed by atoms with van der Waals surface area (Å²) in [6.45, 7) is 0. The lowest BCUT2D eigenvalue weighted by atomic mass is 9.97. The van der Waals surface area contributed by atoms with Gasteiger partial charge in [-0.15, -0.1) is 0 Å². The van der Waals surface area contributed by atoms with Gasteiger partial charge in [0.1, 0.15) is 17.3 Å². The maximum absolute atomic E-state index is 13.8. The second-order valence-corrected chi connectivity index (χ2v) is 8.70. The van der Waals surface area contributed by atoms with Gasteiger partial charge in [0.2, 0.25) is 21.8 Å². The Bertz CT molecular complexity index is 1290. The first-order chi connectivity index (χ1) is 15.2. The number of nitrogens with two attached hydrogens (primary N) is 1. The quantitative estimate of drug-likeness (QED) is 0.525. The Morgan fingerprint density at radius 2 is 1.66 bits per heavy atom. The molecule has 0 aliphatic carbocycles. The van der Waals surface area contributed by atoms with Crippen LogP contribution in [0.25, 0.3) is 0 Å². The predicted molar refractivity (Wildman–Crippen MR) is 115 cm³/mol. The van der Waals surface area contributed by atoms with Crippen LogP contribution in [0, 0.1) is 5.82 Å². The number of halogens is 1. The normalized spacial score (nSPS) is 15.1. The molecule has 0 saturated carbocycles. The van der Waals surface area contributed by atoms with Crippen molar-refractivity contribution in [2.45, 2.75) is 17.2 Å². The Labute approximate surface area is 183 Å². The number of benzene rings is 3. The van der Waals surface area contributed by atoms with E-state index in [1.807, 2.05) is 0 Å². The molecule has 0 saturated heterocycles. The van der Waals surface area contributed by atoms with E-state index in [0.717, 1.165) is 0 Å². The number of nitrogens with one attached hydrogen (secondary N) is 2. The van der Waals surface area contributed by atoms with Crippen LogP contribution in [0.4, 0.5) is 15.8 Å². The standard InChI is InChI=1S/C22H18FN3O5S/c23-19-3-1-2-17-18(22(28)26-21(17)19)12-20(27)25-13-4-6-14(7-5-13)31-15-8-10-16(11-9-15)32(24,29)30/h1-11,18H,12H2,(H,25,27)(H,26,28)(H2,24,29,30). The molecule has 0 fully saturated rings. The fourth-order valence-corrected chi connectivity index (χ4v) is 3.87. The van der Waals surface area contributed by atoms with Gasteiger partial charge in [0.15, 0.2) is 0 Å². The number of rotatable bonds is 6. The predicted octanol–water partition coefficient (Wildman–Crippen LogP) is 3.33. The molecule has 0 bridgehead atoms. The van der Waals surface area contributed by atoms with E-state index in [9.17, 15) is 22.4 Å². The van der Waals surface area contributed by atoms with Crippen molar-refractivity contribution in [1.82, 2.24) is 0 Å². The van der Waals surface area contributed by atoms with Gasteiger partial charge in [0.05, 0.1) is 16.5 Å². The third kappa shape index (κ3) is 4.61. The number of hydrogen-bond acceptors (Lipinski definition) is 5. The van der Waals surface area contributed by atoms with Gasteiger partial charge in [0.25, 0.3) is 0 Å². The molecule has 1 aliphatic rings. The average Bonchev–Trinajstić information content (AvgIpc) is 3.06. The zero-order valence-corrected chi connectivity index (χ0v) is 17.4. The average molecular weight is 455 g/mol. The summed E-state index contributed by atoms with van der Waals surface area (Å²) in [5.74, 6) is -1.23. The molecule has 0 spiro atoms. The highest BCUT2D eigenvalue weighted by molar-refractivity contribution is 7.89. The molecule has 1 atom stereocenters. The lowest BCUT2D eigenvalue weighted by Crippen LogP contribution is -2.20. The number of sulfonamides is 1. The minimum Gasteiger partial charge on any atom is -0.457 e. The van der Waals surface area contributed by atoms with Crippen LogP contribution in [0.2, 0.25) is 0 Å². The largest absolute Gasteiger partial charge is 0.457 e. The summed E-state index contributed by atoms with van der Waals surface area (Å²) in [6, 6.07) is 16.5. The molecule has 10 heteroatoms. The topological polar surface area (TPSA) is 128 Å². The van der Waals surface area contributed by atoms with Gasteiger partial charge in [-0.25, -0.2) is 17.9 Å². The number of hydrogen-bond donors (Lipinski definition) is 3. The first-order valence-corrected chi connectivity index (χ1v) is 11.1. The smallest absolute Gasteiger partial charge is 0.238 e. The number of fused-ring (bicyclic) bond motifs is 1. The van der Waals surface area contributed by atoms with Crippen molar-refractivity contribution in [3.05, 3.63) is 78.1 Å². The van der Waals surface area contributed by atoms with E-state index < -0.39 is 33.6 Å². The Balaban J connectivity index is 1.37. The molecule has 1 aliphatic heterocycles. The van der Waals surface area contributed by atoms with Crippen molar-refractivity contribution in [1.29, 1.82) is 0 Å². The molecule has 4 rings (SSSR count). The van der Waals surface area contributed by atoms with Gasteiger partial charge in [-0.3, -0.25) is 9.59 Å². The van der Waals surface area contributed by atoms with Gasteiger partial charge < -0.3 is 15.4 Å². The van der Waals surface area contributed by atoms with E-state index in [1.165, 1.54) is 36.4 Å². The van der Waals surface area contributed by atoms with Gasteiger partial charge in [0, 0.05) is 12.1 Å². The van der Waals surface area contributed by atoms with Gasteiger partial charge in [-0.05, 0) is 60.2 Å². The lowest BCUT2D eigenvalue weighted by molar-refractivity contribution is -0.122. The monoisotopic (exact) mass is 455 g/mol. The maximum atomic E-state index is 13.8. The maximum Gasteiger partial charge on any atom is 0.238 e. The summed E-state index contributed by atoms with van der Waals surface area (Å²) >= 11 is 0. The number of para-hydroxylation sites is 1. The van der Waals surface area contributed by atoms with E-state index in [1.54, 1.807) is 30.3 Å². The molecule has 4 N–H and O–H groups in total. The molecule has 8 nitrogen and oxygen atoms in total. The molecule has 0 radical (unpaired) electrons. The second-order valence-electron chi connectivity index (χ2n) is 7.14. The molecule has 1 heterocycles. The van der Waals surface area contributed by atoms with Crippen LogP contribution >= 0.6 is 0 Å². The summed E-state index contributed by atoms with van der Waals surface area (Å²) < 4.78 is 42.1. The van der Waals surface area contributed by atoms with E-state index in [0.29, 0.717) is 22.7 Å². The molecule has 3 aromatic rings. The number of ether oxygens (including phenoxy) is 1. The van der Waals surface area contributed by atoms with Gasteiger partial charge >= 0.3 is 0 Å². The number of primary sulfonamides is 1. The van der Waals surface area contributed by atoms with Crippen LogP contribution in [-0.4, -0.2) is 20.2 Å². The fraction of sp³-hybridized carbons (Fsp3) is 0.0909. The highest BCUT2D eigenvalue weighted by Crippen LogP contribution is 2.36. The molecule has 1 unspecified atom stereocenters. The van der Waals surface area contributed by atoms with Crippen molar-refractivity contribution in [3.8, 4) is 11.5 Å². The molecule has 2 amide bonds. The fourth-order valence-electron chi connectivity index (χ4n) is 3.35. The molecule has 0 aromatic heterocycles. The van der Waals surface area contributed by atoms with E-state index in [4.69, 9.17) is 9.88 Å². The van der Waals surface area contributed by atoms with Crippen molar-refractivity contribution in [3.63, 3.8) is 0 Å². The highest BCUT2D eigenvalue weighted by Gasteiger charge is 2.33. The minimum absolute atomic E-state index is 0.0239. The zero-order valence-electron chi connectivity index (χ0n) is 16.5. The molecule has 164 valence electrons. The SMILES string of the molecule is NS(=O)(=O)c1ccc(Oc2ccc(NC(=O)CC3C(=O)Nc4c(F)cccc43)cc2)cc1. The third-order valence-electron chi connectivity index (χ3n) is 4.90. The summed E-state index contributed by atoms with van der Waals surface area (Å²) in [5, 5.41) is 10.2. The van der Waals surface area contributed by atoms with Crippen LogP contribution in [-0.2, 0) is 19.6 Å². The van der Waals surface area contributed by atoms with Crippen molar-refractivity contribution in [2.24, 2.45) is 5.14 Å². The van der Waals surface area contributed by atoms with Gasteiger partial charge in [-0.2, -0.15) is 0 Å². The number of amides is 2. The van der Waals surface area contributed by atoms with Crippen LogP contribution in [0.15, 0.2) is 71.6 Å². The number of anilines is 2. The summed E-state index contributed by atoms with van der Waals surface area (Å²) in [4.78, 5) is 24.5. The van der Waals surface area contributed by atoms with Gasteiger partial charge in [-0.1, -0.05) is 12.1 Å². The van der Waals surface area contributed by atoms with E-state index >= 15 is 0 Å². The second kappa shape index (κ2) is 8.40. The number of carbonyl (C=O) groups excluding carboxylic acids is 2. The first kappa shape index (κ1) is 21.5. The van der Waals surface area contributed by atoms with Crippen LogP contribution in [0.5, 0.6) is 11.5 Å². The Kier molecular flexibility index (Phi) is 5.64. The molecule has 32 heavy (non-hydrogen) atoms. The highest BCUT2D eigenvalue weighted by atomic mass is 32.2. The molecular formula is C22H18FN3O5S. The molecule has 3 aromatic carbocycles. The van der Waals surface area contributed by atoms with Crippen molar-refractivity contribution >= 4 is 33.2 Å². The van der Waals surface area contributed by atoms with E-state index in [2.05, 4.69) is 10.6 Å². The zero-order chi connectivity index (χ0) is 22.9. The van der Waals surface area contributed by atoms with Crippen molar-refractivity contribution < 1.29 is 27.1 Å². The first-order valence-electron chi connectivity index (χ1n) is 9.50. The minimum atomic E-state index is -3.78. The number of carbonyl (C=O) groups is 2. The summed E-state index contributed by atoms with van der Waals surface area (Å²) in [6.07, 6.45) is -0.128. The third-order valence-corrected chi connectivity index (χ3v) is 5.83. The van der Waals surface area contributed by atoms with Crippen LogP contribution in [0.1, 0.15) is 17.9 Å².